The molecule has 0 atom stereocenters. The van der Waals surface area contributed by atoms with Crippen LogP contribution in [0.3, 0.4) is 0 Å². The van der Waals surface area contributed by atoms with Crippen molar-refractivity contribution < 1.29 is 4.79 Å². The molecule has 0 aliphatic rings. The highest BCUT2D eigenvalue weighted by Gasteiger charge is 2.08. The molecule has 0 aliphatic heterocycles. The van der Waals surface area contributed by atoms with E-state index in [1.54, 1.807) is 18.3 Å². The second-order valence-electron chi connectivity index (χ2n) is 3.53. The molecular formula is C13H10BrNO. The van der Waals surface area contributed by atoms with Crippen molar-refractivity contribution in [2.24, 2.45) is 0 Å². The Balaban J connectivity index is 2.35. The number of hydrogen-bond donors (Lipinski definition) is 0. The normalized spacial score (nSPS) is 10.1. The number of rotatable bonds is 2. The molecule has 3 heteroatoms. The van der Waals surface area contributed by atoms with Crippen LogP contribution in [0.1, 0.15) is 21.6 Å². The Kier molecular flexibility index (Phi) is 3.15. The zero-order valence-electron chi connectivity index (χ0n) is 8.77. The lowest BCUT2D eigenvalue weighted by molar-refractivity contribution is 0.103. The molecule has 0 saturated carbocycles. The number of halogens is 1. The molecule has 0 unspecified atom stereocenters. The van der Waals surface area contributed by atoms with Crippen LogP contribution in [-0.4, -0.2) is 10.8 Å². The molecule has 0 aliphatic carbocycles. The molecular weight excluding hydrogens is 266 g/mol. The lowest BCUT2D eigenvalue weighted by atomic mass is 10.1. The van der Waals surface area contributed by atoms with E-state index in [0.717, 1.165) is 10.2 Å². The summed E-state index contributed by atoms with van der Waals surface area (Å²) in [6.45, 7) is 1.90. The van der Waals surface area contributed by atoms with Crippen LogP contribution in [-0.2, 0) is 0 Å². The smallest absolute Gasteiger partial charge is 0.194 e. The van der Waals surface area contributed by atoms with Gasteiger partial charge in [0.15, 0.2) is 5.78 Å². The van der Waals surface area contributed by atoms with Crippen molar-refractivity contribution in [2.75, 3.05) is 0 Å². The van der Waals surface area contributed by atoms with E-state index in [-0.39, 0.29) is 5.78 Å². The molecule has 1 aromatic carbocycles. The average Bonchev–Trinajstić information content (AvgIpc) is 2.29. The van der Waals surface area contributed by atoms with E-state index in [9.17, 15) is 4.79 Å². The molecule has 0 fully saturated rings. The first kappa shape index (κ1) is 11.0. The topological polar surface area (TPSA) is 30.0 Å². The fraction of sp³-hybridized carbons (Fsp3) is 0.0769. The number of carbonyl (C=O) groups excluding carboxylic acids is 1. The van der Waals surface area contributed by atoms with Crippen molar-refractivity contribution in [3.63, 3.8) is 0 Å². The maximum atomic E-state index is 12.0. The minimum Gasteiger partial charge on any atom is -0.289 e. The monoisotopic (exact) mass is 275 g/mol. The minimum atomic E-state index is -0.00574. The summed E-state index contributed by atoms with van der Waals surface area (Å²) in [4.78, 5) is 16.2. The van der Waals surface area contributed by atoms with Gasteiger partial charge in [0.05, 0.1) is 0 Å². The molecule has 1 heterocycles. The molecule has 0 amide bonds. The summed E-state index contributed by atoms with van der Waals surface area (Å²) in [5, 5.41) is 0. The van der Waals surface area contributed by atoms with Gasteiger partial charge in [-0.3, -0.25) is 9.78 Å². The lowest BCUT2D eigenvalue weighted by Gasteiger charge is -2.01. The average molecular weight is 276 g/mol. The standard InChI is InChI=1S/C13H10BrNO/c1-9-5-6-11(8-15-9)13(16)10-3-2-4-12(14)7-10/h2-8H,1H3. The van der Waals surface area contributed by atoms with Crippen LogP contribution in [0.25, 0.3) is 0 Å². The van der Waals surface area contributed by atoms with Crippen molar-refractivity contribution >= 4 is 21.7 Å². The van der Waals surface area contributed by atoms with Crippen LogP contribution in [0.4, 0.5) is 0 Å². The van der Waals surface area contributed by atoms with Gasteiger partial charge in [-0.05, 0) is 31.2 Å². The third-order valence-electron chi connectivity index (χ3n) is 2.26. The van der Waals surface area contributed by atoms with Gasteiger partial charge < -0.3 is 0 Å². The van der Waals surface area contributed by atoms with Crippen molar-refractivity contribution in [1.29, 1.82) is 0 Å². The van der Waals surface area contributed by atoms with E-state index in [0.29, 0.717) is 11.1 Å². The zero-order chi connectivity index (χ0) is 11.5. The van der Waals surface area contributed by atoms with E-state index in [1.807, 2.05) is 31.2 Å². The Bertz CT molecular complexity index is 520. The number of carbonyl (C=O) groups is 1. The first-order valence-electron chi connectivity index (χ1n) is 4.90. The van der Waals surface area contributed by atoms with E-state index in [2.05, 4.69) is 20.9 Å². The van der Waals surface area contributed by atoms with Gasteiger partial charge in [0.25, 0.3) is 0 Å². The Labute approximate surface area is 102 Å². The first-order chi connectivity index (χ1) is 7.66. The predicted molar refractivity (Wildman–Crippen MR) is 66.5 cm³/mol. The largest absolute Gasteiger partial charge is 0.289 e. The number of aromatic nitrogens is 1. The number of benzene rings is 1. The van der Waals surface area contributed by atoms with E-state index in [1.165, 1.54) is 0 Å². The Morgan fingerprint density at radius 3 is 2.62 bits per heavy atom. The van der Waals surface area contributed by atoms with Gasteiger partial charge in [0.1, 0.15) is 0 Å². The Hall–Kier alpha value is -1.48. The van der Waals surface area contributed by atoms with Crippen LogP contribution < -0.4 is 0 Å². The summed E-state index contributed by atoms with van der Waals surface area (Å²) in [7, 11) is 0. The molecule has 2 aromatic rings. The fourth-order valence-electron chi connectivity index (χ4n) is 1.40. The van der Waals surface area contributed by atoms with Gasteiger partial charge in [-0.1, -0.05) is 28.1 Å². The molecule has 1 aromatic heterocycles. The number of hydrogen-bond acceptors (Lipinski definition) is 2. The maximum absolute atomic E-state index is 12.0. The lowest BCUT2D eigenvalue weighted by Crippen LogP contribution is -2.01. The SMILES string of the molecule is Cc1ccc(C(=O)c2cccc(Br)c2)cn1. The molecule has 2 rings (SSSR count). The molecule has 0 radical (unpaired) electrons. The molecule has 0 bridgehead atoms. The third kappa shape index (κ3) is 2.36. The van der Waals surface area contributed by atoms with Crippen LogP contribution >= 0.6 is 15.9 Å². The van der Waals surface area contributed by atoms with Crippen molar-refractivity contribution in [3.8, 4) is 0 Å². The third-order valence-corrected chi connectivity index (χ3v) is 2.75. The summed E-state index contributed by atoms with van der Waals surface area (Å²) in [5.74, 6) is -0.00574. The molecule has 0 saturated heterocycles. The highest BCUT2D eigenvalue weighted by molar-refractivity contribution is 9.10. The molecule has 0 N–H and O–H groups in total. The highest BCUT2D eigenvalue weighted by atomic mass is 79.9. The van der Waals surface area contributed by atoms with Crippen LogP contribution in [0.5, 0.6) is 0 Å². The first-order valence-corrected chi connectivity index (χ1v) is 5.69. The predicted octanol–water partition coefficient (Wildman–Crippen LogP) is 3.38. The van der Waals surface area contributed by atoms with Gasteiger partial charge in [-0.25, -0.2) is 0 Å². The number of ketones is 1. The van der Waals surface area contributed by atoms with Gasteiger partial charge in [-0.2, -0.15) is 0 Å². The number of pyridine rings is 1. The highest BCUT2D eigenvalue weighted by Crippen LogP contribution is 2.15. The number of nitrogens with zero attached hydrogens (tertiary/aromatic N) is 1. The van der Waals surface area contributed by atoms with Gasteiger partial charge in [-0.15, -0.1) is 0 Å². The van der Waals surface area contributed by atoms with Crippen molar-refractivity contribution in [1.82, 2.24) is 4.98 Å². The molecule has 0 spiro atoms. The molecule has 2 nitrogen and oxygen atoms in total. The second kappa shape index (κ2) is 4.58. The van der Waals surface area contributed by atoms with Crippen LogP contribution in [0, 0.1) is 6.92 Å². The fourth-order valence-corrected chi connectivity index (χ4v) is 1.80. The van der Waals surface area contributed by atoms with Gasteiger partial charge >= 0.3 is 0 Å². The van der Waals surface area contributed by atoms with Crippen LogP contribution in [0.2, 0.25) is 0 Å². The second-order valence-corrected chi connectivity index (χ2v) is 4.44. The Morgan fingerprint density at radius 2 is 2.00 bits per heavy atom. The van der Waals surface area contributed by atoms with Crippen LogP contribution in [0.15, 0.2) is 47.1 Å². The van der Waals surface area contributed by atoms with Crippen molar-refractivity contribution in [2.45, 2.75) is 6.92 Å². The van der Waals surface area contributed by atoms with E-state index >= 15 is 0 Å². The zero-order valence-corrected chi connectivity index (χ0v) is 10.4. The van der Waals surface area contributed by atoms with Crippen molar-refractivity contribution in [3.05, 3.63) is 63.9 Å². The summed E-state index contributed by atoms with van der Waals surface area (Å²) in [5.41, 5.74) is 2.19. The summed E-state index contributed by atoms with van der Waals surface area (Å²) in [6, 6.07) is 11.0. The number of aryl methyl sites for hydroxylation is 1. The summed E-state index contributed by atoms with van der Waals surface area (Å²) >= 11 is 3.35. The summed E-state index contributed by atoms with van der Waals surface area (Å²) < 4.78 is 0.901. The molecule has 16 heavy (non-hydrogen) atoms. The van der Waals surface area contributed by atoms with Gasteiger partial charge in [0.2, 0.25) is 0 Å². The minimum absolute atomic E-state index is 0.00574. The van der Waals surface area contributed by atoms with E-state index in [4.69, 9.17) is 0 Å². The summed E-state index contributed by atoms with van der Waals surface area (Å²) in [6.07, 6.45) is 1.61. The maximum Gasteiger partial charge on any atom is 0.194 e. The van der Waals surface area contributed by atoms with E-state index < -0.39 is 0 Å². The molecule has 80 valence electrons. The quantitative estimate of drug-likeness (QED) is 0.787. The van der Waals surface area contributed by atoms with Gasteiger partial charge in [0, 0.05) is 27.5 Å². The Morgan fingerprint density at radius 1 is 1.19 bits per heavy atom.